The van der Waals surface area contributed by atoms with Crippen molar-refractivity contribution in [1.29, 1.82) is 0 Å². The molecule has 0 N–H and O–H groups in total. The lowest BCUT2D eigenvalue weighted by Gasteiger charge is -2.01. The van der Waals surface area contributed by atoms with Crippen LogP contribution in [0.25, 0.3) is 0 Å². The van der Waals surface area contributed by atoms with Gasteiger partial charge in [0.25, 0.3) is 0 Å². The molecule has 0 aliphatic carbocycles. The zero-order valence-electron chi connectivity index (χ0n) is 10.4. The van der Waals surface area contributed by atoms with Crippen molar-refractivity contribution in [2.45, 2.75) is 13.3 Å². The molecule has 0 spiro atoms. The lowest BCUT2D eigenvalue weighted by atomic mass is 10.1. The van der Waals surface area contributed by atoms with Crippen LogP contribution >= 0.6 is 0 Å². The number of methoxy groups -OCH3 is 1. The third-order valence-electron chi connectivity index (χ3n) is 2.15. The Bertz CT molecular complexity index is 494. The lowest BCUT2D eigenvalue weighted by Crippen LogP contribution is -2.01. The molecule has 0 aliphatic heterocycles. The first-order valence-electron chi connectivity index (χ1n) is 5.49. The van der Waals surface area contributed by atoms with Crippen molar-refractivity contribution in [3.8, 4) is 17.6 Å². The monoisotopic (exact) mass is 246 g/mol. The van der Waals surface area contributed by atoms with Gasteiger partial charge in [0.05, 0.1) is 13.7 Å². The maximum Gasteiger partial charge on any atom is 0.317 e. The van der Waals surface area contributed by atoms with Crippen LogP contribution < -0.4 is 4.74 Å². The molecular weight excluding hydrogens is 232 g/mol. The molecule has 94 valence electrons. The molecule has 0 aromatic heterocycles. The zero-order chi connectivity index (χ0) is 13.4. The number of benzene rings is 1. The normalized spacial score (nSPS) is 9.00. The maximum absolute atomic E-state index is 11.1. The first-order chi connectivity index (χ1) is 8.71. The molecule has 0 saturated heterocycles. The molecule has 0 amide bonds. The summed E-state index contributed by atoms with van der Waals surface area (Å²) in [5.41, 5.74) is 1.00. The van der Waals surface area contributed by atoms with E-state index in [9.17, 15) is 9.59 Å². The van der Waals surface area contributed by atoms with E-state index < -0.39 is 0 Å². The molecule has 0 heterocycles. The fourth-order valence-electron chi connectivity index (χ4n) is 1.30. The molecule has 1 aromatic rings. The highest BCUT2D eigenvalue weighted by Crippen LogP contribution is 2.15. The fraction of sp³-hybridized carbons (Fsp3) is 0.286. The molecule has 0 fully saturated rings. The number of ether oxygens (including phenoxy) is 2. The highest BCUT2D eigenvalue weighted by atomic mass is 16.5. The second kappa shape index (κ2) is 7.13. The first kappa shape index (κ1) is 13.8. The van der Waals surface area contributed by atoms with Gasteiger partial charge in [-0.25, -0.2) is 0 Å². The van der Waals surface area contributed by atoms with Crippen molar-refractivity contribution in [3.05, 3.63) is 29.3 Å². The van der Waals surface area contributed by atoms with E-state index in [1.165, 1.54) is 7.11 Å². The second-order valence-electron chi connectivity index (χ2n) is 3.35. The zero-order valence-corrected chi connectivity index (χ0v) is 10.4. The van der Waals surface area contributed by atoms with Gasteiger partial charge < -0.3 is 9.47 Å². The SMILES string of the molecule is CCOC(=O)CC#Cc1cc(OC)ccc1C=O. The van der Waals surface area contributed by atoms with Crippen molar-refractivity contribution in [1.82, 2.24) is 0 Å². The summed E-state index contributed by atoms with van der Waals surface area (Å²) in [7, 11) is 1.53. The smallest absolute Gasteiger partial charge is 0.317 e. The van der Waals surface area contributed by atoms with Gasteiger partial charge in [-0.15, -0.1) is 0 Å². The Hall–Kier alpha value is -2.28. The summed E-state index contributed by atoms with van der Waals surface area (Å²) in [6, 6.07) is 4.96. The van der Waals surface area contributed by atoms with Crippen LogP contribution in [-0.2, 0) is 9.53 Å². The predicted octanol–water partition coefficient (Wildman–Crippen LogP) is 1.81. The standard InChI is InChI=1S/C14H14O4/c1-3-18-14(16)6-4-5-11-9-13(17-2)8-7-12(11)10-15/h7-10H,3,6H2,1-2H3. The minimum atomic E-state index is -0.374. The highest BCUT2D eigenvalue weighted by molar-refractivity contribution is 5.80. The molecule has 0 aliphatic rings. The summed E-state index contributed by atoms with van der Waals surface area (Å²) in [5, 5.41) is 0. The molecule has 1 aromatic carbocycles. The molecule has 18 heavy (non-hydrogen) atoms. The number of rotatable bonds is 4. The van der Waals surface area contributed by atoms with Gasteiger partial charge in [0, 0.05) is 11.1 Å². The molecule has 0 bridgehead atoms. The van der Waals surface area contributed by atoms with Crippen LogP contribution in [0.3, 0.4) is 0 Å². The van der Waals surface area contributed by atoms with Gasteiger partial charge in [-0.2, -0.15) is 0 Å². The summed E-state index contributed by atoms with van der Waals surface area (Å²) >= 11 is 0. The number of hydrogen-bond donors (Lipinski definition) is 0. The van der Waals surface area contributed by atoms with Gasteiger partial charge in [0.2, 0.25) is 0 Å². The van der Waals surface area contributed by atoms with E-state index in [0.717, 1.165) is 0 Å². The summed E-state index contributed by atoms with van der Waals surface area (Å²) < 4.78 is 9.79. The van der Waals surface area contributed by atoms with Crippen LogP contribution in [-0.4, -0.2) is 26.0 Å². The summed E-state index contributed by atoms with van der Waals surface area (Å²) in [6.45, 7) is 2.07. The molecule has 4 nitrogen and oxygen atoms in total. The van der Waals surface area contributed by atoms with Crippen molar-refractivity contribution < 1.29 is 19.1 Å². The largest absolute Gasteiger partial charge is 0.497 e. The van der Waals surface area contributed by atoms with E-state index >= 15 is 0 Å². The first-order valence-corrected chi connectivity index (χ1v) is 5.49. The third-order valence-corrected chi connectivity index (χ3v) is 2.15. The van der Waals surface area contributed by atoms with Gasteiger partial charge in [-0.1, -0.05) is 11.8 Å². The number of hydrogen-bond acceptors (Lipinski definition) is 4. The number of aldehydes is 1. The van der Waals surface area contributed by atoms with Gasteiger partial charge in [0.15, 0.2) is 6.29 Å². The average molecular weight is 246 g/mol. The number of carbonyl (C=O) groups is 2. The van der Waals surface area contributed by atoms with E-state index in [1.807, 2.05) is 0 Å². The summed E-state index contributed by atoms with van der Waals surface area (Å²) in [4.78, 5) is 21.9. The van der Waals surface area contributed by atoms with Crippen LogP contribution in [0.15, 0.2) is 18.2 Å². The minimum Gasteiger partial charge on any atom is -0.497 e. The van der Waals surface area contributed by atoms with E-state index in [4.69, 9.17) is 9.47 Å². The Morgan fingerprint density at radius 2 is 2.22 bits per heavy atom. The third kappa shape index (κ3) is 3.95. The molecular formula is C14H14O4. The molecule has 0 atom stereocenters. The molecule has 1 rings (SSSR count). The lowest BCUT2D eigenvalue weighted by molar-refractivity contribution is -0.141. The second-order valence-corrected chi connectivity index (χ2v) is 3.35. The fourth-order valence-corrected chi connectivity index (χ4v) is 1.30. The van der Waals surface area contributed by atoms with Gasteiger partial charge >= 0.3 is 5.97 Å². The Morgan fingerprint density at radius 1 is 1.44 bits per heavy atom. The van der Waals surface area contributed by atoms with Crippen LogP contribution in [0.2, 0.25) is 0 Å². The van der Waals surface area contributed by atoms with E-state index in [2.05, 4.69) is 11.8 Å². The van der Waals surface area contributed by atoms with Gasteiger partial charge in [0.1, 0.15) is 12.2 Å². The molecule has 0 unspecified atom stereocenters. The minimum absolute atomic E-state index is 0.00332. The van der Waals surface area contributed by atoms with E-state index in [0.29, 0.717) is 29.8 Å². The number of carbonyl (C=O) groups excluding carboxylic acids is 2. The molecule has 4 heteroatoms. The highest BCUT2D eigenvalue weighted by Gasteiger charge is 2.01. The Morgan fingerprint density at radius 3 is 2.83 bits per heavy atom. The van der Waals surface area contributed by atoms with Crippen molar-refractivity contribution >= 4 is 12.3 Å². The Kier molecular flexibility index (Phi) is 5.46. The van der Waals surface area contributed by atoms with E-state index in [1.54, 1.807) is 25.1 Å². The molecule has 0 radical (unpaired) electrons. The van der Waals surface area contributed by atoms with Crippen LogP contribution in [0.4, 0.5) is 0 Å². The summed E-state index contributed by atoms with van der Waals surface area (Å²) in [5.74, 6) is 5.68. The number of esters is 1. The van der Waals surface area contributed by atoms with Crippen molar-refractivity contribution in [2.24, 2.45) is 0 Å². The van der Waals surface area contributed by atoms with Crippen LogP contribution in [0.5, 0.6) is 5.75 Å². The van der Waals surface area contributed by atoms with Crippen LogP contribution in [0, 0.1) is 11.8 Å². The van der Waals surface area contributed by atoms with E-state index in [-0.39, 0.29) is 12.4 Å². The molecule has 0 saturated carbocycles. The van der Waals surface area contributed by atoms with Gasteiger partial charge in [-0.05, 0) is 25.1 Å². The van der Waals surface area contributed by atoms with Gasteiger partial charge in [-0.3, -0.25) is 9.59 Å². The average Bonchev–Trinajstić information content (AvgIpc) is 2.39. The van der Waals surface area contributed by atoms with Crippen molar-refractivity contribution in [2.75, 3.05) is 13.7 Å². The van der Waals surface area contributed by atoms with Crippen LogP contribution in [0.1, 0.15) is 29.3 Å². The van der Waals surface area contributed by atoms with Crippen molar-refractivity contribution in [3.63, 3.8) is 0 Å². The Balaban J connectivity index is 2.85. The quantitative estimate of drug-likeness (QED) is 0.462. The topological polar surface area (TPSA) is 52.6 Å². The maximum atomic E-state index is 11.1. The summed E-state index contributed by atoms with van der Waals surface area (Å²) in [6.07, 6.45) is 0.719. The Labute approximate surface area is 106 Å². The predicted molar refractivity (Wildman–Crippen MR) is 66.5 cm³/mol.